The number of carbonyl (C=O) groups excluding carboxylic acids is 4. The molecule has 7 heteroatoms. The molecule has 0 saturated carbocycles. The summed E-state index contributed by atoms with van der Waals surface area (Å²) in [7, 11) is 1.50. The average molecular weight is 331 g/mol. The van der Waals surface area contributed by atoms with Gasteiger partial charge >= 0.3 is 0 Å². The van der Waals surface area contributed by atoms with Gasteiger partial charge in [-0.3, -0.25) is 14.4 Å². The third-order valence-corrected chi connectivity index (χ3v) is 4.07. The zero-order chi connectivity index (χ0) is 17.7. The van der Waals surface area contributed by atoms with E-state index in [2.05, 4.69) is 10.6 Å². The van der Waals surface area contributed by atoms with Crippen LogP contribution in [0.25, 0.3) is 0 Å². The molecule has 3 amide bonds. The molecule has 0 bridgehead atoms. The summed E-state index contributed by atoms with van der Waals surface area (Å²) in [5.74, 6) is -0.715. The van der Waals surface area contributed by atoms with Crippen LogP contribution in [-0.2, 0) is 20.9 Å². The van der Waals surface area contributed by atoms with Crippen molar-refractivity contribution in [3.8, 4) is 0 Å². The van der Waals surface area contributed by atoms with Gasteiger partial charge in [-0.05, 0) is 18.6 Å². The first-order valence-corrected chi connectivity index (χ1v) is 7.91. The molecule has 1 atom stereocenters. The van der Waals surface area contributed by atoms with Crippen molar-refractivity contribution in [2.75, 3.05) is 12.4 Å². The van der Waals surface area contributed by atoms with E-state index in [0.29, 0.717) is 23.2 Å². The second-order valence-electron chi connectivity index (χ2n) is 5.54. The number of anilines is 1. The summed E-state index contributed by atoms with van der Waals surface area (Å²) >= 11 is 0. The third-order valence-electron chi connectivity index (χ3n) is 4.07. The van der Waals surface area contributed by atoms with Gasteiger partial charge in [-0.25, -0.2) is 0 Å². The SMILES string of the molecule is CCC(=O)Nc1cccc2c1CN(C(CCC=O)C(=O)NC)C2=O. The Morgan fingerprint density at radius 3 is 2.75 bits per heavy atom. The summed E-state index contributed by atoms with van der Waals surface area (Å²) < 4.78 is 0. The third kappa shape index (κ3) is 3.45. The molecule has 0 saturated heterocycles. The second-order valence-corrected chi connectivity index (χ2v) is 5.54. The molecule has 1 aliphatic heterocycles. The number of hydrogen-bond donors (Lipinski definition) is 2. The van der Waals surface area contributed by atoms with Crippen LogP contribution in [0.1, 0.15) is 42.1 Å². The van der Waals surface area contributed by atoms with Crippen LogP contribution in [0.15, 0.2) is 18.2 Å². The minimum Gasteiger partial charge on any atom is -0.357 e. The molecule has 1 heterocycles. The molecule has 24 heavy (non-hydrogen) atoms. The Labute approximate surface area is 140 Å². The molecule has 0 fully saturated rings. The second kappa shape index (κ2) is 7.72. The summed E-state index contributed by atoms with van der Waals surface area (Å²) in [5.41, 5.74) is 1.76. The first-order valence-electron chi connectivity index (χ1n) is 7.91. The largest absolute Gasteiger partial charge is 0.357 e. The summed E-state index contributed by atoms with van der Waals surface area (Å²) in [6.45, 7) is 1.97. The number of nitrogens with zero attached hydrogens (tertiary/aromatic N) is 1. The molecule has 0 spiro atoms. The first kappa shape index (κ1) is 17.7. The van der Waals surface area contributed by atoms with Crippen LogP contribution in [-0.4, -0.2) is 42.0 Å². The molecule has 2 rings (SSSR count). The van der Waals surface area contributed by atoms with Crippen LogP contribution >= 0.6 is 0 Å². The number of benzene rings is 1. The highest BCUT2D eigenvalue weighted by Gasteiger charge is 2.36. The van der Waals surface area contributed by atoms with Gasteiger partial charge in [0.15, 0.2) is 0 Å². The molecular weight excluding hydrogens is 310 g/mol. The first-order chi connectivity index (χ1) is 11.5. The minimum atomic E-state index is -0.713. The molecule has 0 aliphatic carbocycles. The fourth-order valence-electron chi connectivity index (χ4n) is 2.78. The van der Waals surface area contributed by atoms with Crippen molar-refractivity contribution in [3.05, 3.63) is 29.3 Å². The average Bonchev–Trinajstić information content (AvgIpc) is 2.93. The van der Waals surface area contributed by atoms with Gasteiger partial charge in [0.2, 0.25) is 11.8 Å². The number of nitrogens with one attached hydrogen (secondary N) is 2. The molecule has 1 unspecified atom stereocenters. The summed E-state index contributed by atoms with van der Waals surface area (Å²) in [5, 5.41) is 5.32. The van der Waals surface area contributed by atoms with E-state index in [4.69, 9.17) is 0 Å². The van der Waals surface area contributed by atoms with E-state index in [9.17, 15) is 19.2 Å². The van der Waals surface area contributed by atoms with E-state index < -0.39 is 6.04 Å². The highest BCUT2D eigenvalue weighted by atomic mass is 16.2. The normalized spacial score (nSPS) is 14.1. The minimum absolute atomic E-state index is 0.141. The lowest BCUT2D eigenvalue weighted by atomic mass is 10.1. The molecule has 1 aromatic carbocycles. The van der Waals surface area contributed by atoms with Crippen molar-refractivity contribution >= 4 is 29.7 Å². The van der Waals surface area contributed by atoms with E-state index in [1.165, 1.54) is 11.9 Å². The van der Waals surface area contributed by atoms with Crippen LogP contribution in [0.4, 0.5) is 5.69 Å². The van der Waals surface area contributed by atoms with E-state index in [0.717, 1.165) is 6.29 Å². The molecule has 0 radical (unpaired) electrons. The monoisotopic (exact) mass is 331 g/mol. The van der Waals surface area contributed by atoms with Crippen LogP contribution in [0.5, 0.6) is 0 Å². The maximum atomic E-state index is 12.7. The number of hydrogen-bond acceptors (Lipinski definition) is 4. The lowest BCUT2D eigenvalue weighted by molar-refractivity contribution is -0.125. The number of carbonyl (C=O) groups is 4. The molecule has 1 aromatic rings. The topological polar surface area (TPSA) is 95.6 Å². The summed E-state index contributed by atoms with van der Waals surface area (Å²) in [6.07, 6.45) is 1.52. The Morgan fingerprint density at radius 2 is 2.12 bits per heavy atom. The van der Waals surface area contributed by atoms with Gasteiger partial charge in [0.05, 0.1) is 0 Å². The Morgan fingerprint density at radius 1 is 1.38 bits per heavy atom. The predicted molar refractivity (Wildman–Crippen MR) is 88.4 cm³/mol. The molecular formula is C17H21N3O4. The number of rotatable bonds is 7. The lowest BCUT2D eigenvalue weighted by Gasteiger charge is -2.25. The quantitative estimate of drug-likeness (QED) is 0.731. The van der Waals surface area contributed by atoms with E-state index in [-0.39, 0.29) is 37.1 Å². The van der Waals surface area contributed by atoms with Crippen molar-refractivity contribution in [2.45, 2.75) is 38.8 Å². The summed E-state index contributed by atoms with van der Waals surface area (Å²) in [4.78, 5) is 48.6. The number of amides is 3. The highest BCUT2D eigenvalue weighted by Crippen LogP contribution is 2.31. The van der Waals surface area contributed by atoms with Gasteiger partial charge in [-0.2, -0.15) is 0 Å². The van der Waals surface area contributed by atoms with Crippen LogP contribution in [0, 0.1) is 0 Å². The van der Waals surface area contributed by atoms with Crippen molar-refractivity contribution in [1.82, 2.24) is 10.2 Å². The fraction of sp³-hybridized carbons (Fsp3) is 0.412. The standard InChI is InChI=1S/C17H21N3O4/c1-3-15(22)19-13-7-4-6-11-12(13)10-20(17(11)24)14(8-5-9-21)16(23)18-2/h4,6-7,9,14H,3,5,8,10H2,1-2H3,(H,18,23)(H,19,22). The zero-order valence-corrected chi connectivity index (χ0v) is 13.8. The number of aldehydes is 1. The molecule has 2 N–H and O–H groups in total. The fourth-order valence-corrected chi connectivity index (χ4v) is 2.78. The highest BCUT2D eigenvalue weighted by molar-refractivity contribution is 6.04. The zero-order valence-electron chi connectivity index (χ0n) is 13.8. The van der Waals surface area contributed by atoms with Crippen molar-refractivity contribution < 1.29 is 19.2 Å². The van der Waals surface area contributed by atoms with Crippen LogP contribution < -0.4 is 10.6 Å². The smallest absolute Gasteiger partial charge is 0.255 e. The maximum absolute atomic E-state index is 12.7. The van der Waals surface area contributed by atoms with Gasteiger partial charge in [0.25, 0.3) is 5.91 Å². The van der Waals surface area contributed by atoms with Gasteiger partial charge in [0, 0.05) is 43.2 Å². The van der Waals surface area contributed by atoms with Crippen molar-refractivity contribution in [3.63, 3.8) is 0 Å². The Balaban J connectivity index is 2.31. The van der Waals surface area contributed by atoms with E-state index >= 15 is 0 Å². The Bertz CT molecular complexity index is 672. The Hall–Kier alpha value is -2.70. The summed E-state index contributed by atoms with van der Waals surface area (Å²) in [6, 6.07) is 4.41. The van der Waals surface area contributed by atoms with Gasteiger partial charge in [-0.1, -0.05) is 13.0 Å². The predicted octanol–water partition coefficient (Wildman–Crippen LogP) is 1.08. The molecule has 1 aliphatic rings. The molecule has 0 aromatic heterocycles. The van der Waals surface area contributed by atoms with Gasteiger partial charge in [0.1, 0.15) is 12.3 Å². The maximum Gasteiger partial charge on any atom is 0.255 e. The van der Waals surface area contributed by atoms with Crippen molar-refractivity contribution in [2.24, 2.45) is 0 Å². The molecule has 128 valence electrons. The number of fused-ring (bicyclic) bond motifs is 1. The lowest BCUT2D eigenvalue weighted by Crippen LogP contribution is -2.46. The van der Waals surface area contributed by atoms with E-state index in [1.807, 2.05) is 0 Å². The molecule has 7 nitrogen and oxygen atoms in total. The van der Waals surface area contributed by atoms with E-state index in [1.54, 1.807) is 25.1 Å². The van der Waals surface area contributed by atoms with Crippen molar-refractivity contribution in [1.29, 1.82) is 0 Å². The van der Waals surface area contributed by atoms with Crippen LogP contribution in [0.3, 0.4) is 0 Å². The van der Waals surface area contributed by atoms with Gasteiger partial charge in [-0.15, -0.1) is 0 Å². The van der Waals surface area contributed by atoms with Gasteiger partial charge < -0.3 is 20.3 Å². The Kier molecular flexibility index (Phi) is 5.68. The van der Waals surface area contributed by atoms with Crippen LogP contribution in [0.2, 0.25) is 0 Å². The number of likely N-dealkylation sites (N-methyl/N-ethyl adjacent to an activating group) is 1.